The van der Waals surface area contributed by atoms with E-state index in [0.717, 1.165) is 30.8 Å². The first-order valence-corrected chi connectivity index (χ1v) is 8.52. The summed E-state index contributed by atoms with van der Waals surface area (Å²) in [6, 6.07) is -0.0293. The fraction of sp³-hybridized carbons (Fsp3) is 0.733. The number of aromatic nitrogens is 1. The Hall–Kier alpha value is -1.14. The van der Waals surface area contributed by atoms with Gasteiger partial charge in [-0.2, -0.15) is 0 Å². The molecule has 1 aliphatic carbocycles. The third-order valence-corrected chi connectivity index (χ3v) is 5.48. The van der Waals surface area contributed by atoms with Crippen LogP contribution in [0.5, 0.6) is 0 Å². The quantitative estimate of drug-likeness (QED) is 0.900. The summed E-state index contributed by atoms with van der Waals surface area (Å²) in [4.78, 5) is 19.8. The van der Waals surface area contributed by atoms with Crippen molar-refractivity contribution in [2.75, 3.05) is 13.1 Å². The summed E-state index contributed by atoms with van der Waals surface area (Å²) in [6.45, 7) is 5.22. The van der Waals surface area contributed by atoms with Gasteiger partial charge in [0.25, 0.3) is 0 Å². The molecule has 1 aromatic rings. The van der Waals surface area contributed by atoms with Gasteiger partial charge in [-0.1, -0.05) is 6.92 Å². The number of carbonyl (C=O) groups excluding carboxylic acids is 1. The van der Waals surface area contributed by atoms with E-state index in [2.05, 4.69) is 10.3 Å². The lowest BCUT2D eigenvalue weighted by Crippen LogP contribution is -2.50. The minimum Gasteiger partial charge on any atom is -0.391 e. The lowest BCUT2D eigenvalue weighted by Gasteiger charge is -2.35. The van der Waals surface area contributed by atoms with Crippen LogP contribution < -0.4 is 5.32 Å². The number of nitrogens with one attached hydrogen (secondary N) is 1. The highest BCUT2D eigenvalue weighted by atomic mass is 32.1. The number of carbonyl (C=O) groups is 1. The lowest BCUT2D eigenvalue weighted by atomic mass is 9.96. The van der Waals surface area contributed by atoms with Crippen molar-refractivity contribution in [1.82, 2.24) is 15.2 Å². The smallest absolute Gasteiger partial charge is 0.318 e. The summed E-state index contributed by atoms with van der Waals surface area (Å²) in [6.07, 6.45) is 4.63. The Morgan fingerprint density at radius 3 is 2.86 bits per heavy atom. The number of rotatable bonds is 3. The fourth-order valence-electron chi connectivity index (χ4n) is 2.78. The van der Waals surface area contributed by atoms with Gasteiger partial charge in [-0.05, 0) is 38.0 Å². The number of aryl methyl sites for hydroxylation is 1. The predicted molar refractivity (Wildman–Crippen MR) is 82.2 cm³/mol. The maximum atomic E-state index is 12.5. The van der Waals surface area contributed by atoms with Crippen molar-refractivity contribution >= 4 is 17.4 Å². The van der Waals surface area contributed by atoms with Crippen LogP contribution in [-0.4, -0.2) is 40.2 Å². The van der Waals surface area contributed by atoms with Crippen LogP contribution in [0, 0.1) is 18.8 Å². The summed E-state index contributed by atoms with van der Waals surface area (Å²) < 4.78 is 0. The Kier molecular flexibility index (Phi) is 4.17. The molecule has 0 bridgehead atoms. The second kappa shape index (κ2) is 5.93. The number of likely N-dealkylation sites (tertiary alicyclic amines) is 1. The number of nitrogens with zero attached hydrogens (tertiary/aromatic N) is 2. The average molecular weight is 309 g/mol. The molecule has 0 spiro atoms. The van der Waals surface area contributed by atoms with Gasteiger partial charge in [0, 0.05) is 24.2 Å². The Labute approximate surface area is 129 Å². The fourth-order valence-corrected chi connectivity index (χ4v) is 3.70. The molecule has 1 saturated heterocycles. The standard InChI is InChI=1S/C15H23N3O2S/c1-9-5-6-18(8-12(9)19)15(20)17-13(11-3-4-11)14-16-7-10(2)21-14/h7,9,11-13,19H,3-6,8H2,1-2H3,(H,17,20). The van der Waals surface area contributed by atoms with Gasteiger partial charge in [-0.3, -0.25) is 0 Å². The van der Waals surface area contributed by atoms with Crippen LogP contribution in [-0.2, 0) is 0 Å². The van der Waals surface area contributed by atoms with Crippen molar-refractivity contribution < 1.29 is 9.90 Å². The van der Waals surface area contributed by atoms with Crippen LogP contribution in [0.1, 0.15) is 42.1 Å². The van der Waals surface area contributed by atoms with E-state index in [-0.39, 0.29) is 18.0 Å². The van der Waals surface area contributed by atoms with Crippen molar-refractivity contribution in [1.29, 1.82) is 0 Å². The highest BCUT2D eigenvalue weighted by molar-refractivity contribution is 7.11. The van der Waals surface area contributed by atoms with Crippen molar-refractivity contribution in [2.45, 2.75) is 45.3 Å². The summed E-state index contributed by atoms with van der Waals surface area (Å²) in [5.41, 5.74) is 0. The largest absolute Gasteiger partial charge is 0.391 e. The van der Waals surface area contributed by atoms with E-state index in [0.29, 0.717) is 12.5 Å². The first kappa shape index (κ1) is 14.8. The van der Waals surface area contributed by atoms with Gasteiger partial charge in [-0.25, -0.2) is 9.78 Å². The second-order valence-corrected chi connectivity index (χ2v) is 7.62. The van der Waals surface area contributed by atoms with E-state index in [1.54, 1.807) is 16.2 Å². The SMILES string of the molecule is Cc1cnc(C(NC(=O)N2CCC(C)C(O)C2)C2CC2)s1. The molecule has 1 saturated carbocycles. The lowest BCUT2D eigenvalue weighted by molar-refractivity contribution is 0.0428. The van der Waals surface area contributed by atoms with E-state index in [1.807, 2.05) is 20.0 Å². The van der Waals surface area contributed by atoms with Gasteiger partial charge in [0.15, 0.2) is 0 Å². The maximum Gasteiger partial charge on any atom is 0.318 e. The first-order valence-electron chi connectivity index (χ1n) is 7.70. The Morgan fingerprint density at radius 2 is 2.29 bits per heavy atom. The number of aliphatic hydroxyl groups is 1. The Bertz CT molecular complexity index is 515. The number of aliphatic hydroxyl groups excluding tert-OH is 1. The molecule has 3 unspecified atom stereocenters. The molecule has 0 aromatic carbocycles. The van der Waals surface area contributed by atoms with Crippen LogP contribution in [0.15, 0.2) is 6.20 Å². The molecule has 2 amide bonds. The predicted octanol–water partition coefficient (Wildman–Crippen LogP) is 2.31. The number of piperidine rings is 1. The molecule has 1 aromatic heterocycles. The van der Waals surface area contributed by atoms with Gasteiger partial charge in [-0.15, -0.1) is 11.3 Å². The molecule has 0 radical (unpaired) electrons. The zero-order chi connectivity index (χ0) is 15.0. The monoisotopic (exact) mass is 309 g/mol. The summed E-state index contributed by atoms with van der Waals surface area (Å²) >= 11 is 1.66. The third kappa shape index (κ3) is 3.37. The topological polar surface area (TPSA) is 65.5 Å². The molecule has 21 heavy (non-hydrogen) atoms. The van der Waals surface area contributed by atoms with Crippen LogP contribution >= 0.6 is 11.3 Å². The molecule has 2 aliphatic rings. The highest BCUT2D eigenvalue weighted by Gasteiger charge is 2.37. The molecule has 1 aliphatic heterocycles. The van der Waals surface area contributed by atoms with Crippen LogP contribution in [0.3, 0.4) is 0 Å². The van der Waals surface area contributed by atoms with Gasteiger partial charge in [0.05, 0.1) is 12.1 Å². The second-order valence-electron chi connectivity index (χ2n) is 6.35. The number of urea groups is 1. The molecule has 116 valence electrons. The summed E-state index contributed by atoms with van der Waals surface area (Å²) in [7, 11) is 0. The zero-order valence-corrected chi connectivity index (χ0v) is 13.4. The molecule has 2 heterocycles. The summed E-state index contributed by atoms with van der Waals surface area (Å²) in [5, 5.41) is 14.1. The van der Waals surface area contributed by atoms with Crippen molar-refractivity contribution in [2.24, 2.45) is 11.8 Å². The van der Waals surface area contributed by atoms with Crippen LogP contribution in [0.4, 0.5) is 4.79 Å². The molecular weight excluding hydrogens is 286 g/mol. The Balaban J connectivity index is 1.64. The van der Waals surface area contributed by atoms with E-state index in [4.69, 9.17) is 0 Å². The van der Waals surface area contributed by atoms with E-state index >= 15 is 0 Å². The van der Waals surface area contributed by atoms with Crippen LogP contribution in [0.25, 0.3) is 0 Å². The van der Waals surface area contributed by atoms with Crippen molar-refractivity contribution in [3.8, 4) is 0 Å². The van der Waals surface area contributed by atoms with E-state index in [9.17, 15) is 9.90 Å². The molecule has 6 heteroatoms. The van der Waals surface area contributed by atoms with Gasteiger partial charge in [0.1, 0.15) is 5.01 Å². The van der Waals surface area contributed by atoms with Gasteiger partial charge >= 0.3 is 6.03 Å². The molecule has 3 atom stereocenters. The number of amides is 2. The van der Waals surface area contributed by atoms with Crippen molar-refractivity contribution in [3.05, 3.63) is 16.1 Å². The van der Waals surface area contributed by atoms with Gasteiger partial charge < -0.3 is 15.3 Å². The zero-order valence-electron chi connectivity index (χ0n) is 12.6. The number of thiazole rings is 1. The molecule has 5 nitrogen and oxygen atoms in total. The molecular formula is C15H23N3O2S. The van der Waals surface area contributed by atoms with E-state index < -0.39 is 6.10 Å². The summed E-state index contributed by atoms with van der Waals surface area (Å²) in [5.74, 6) is 0.794. The Morgan fingerprint density at radius 1 is 1.52 bits per heavy atom. The minimum absolute atomic E-state index is 0.0349. The highest BCUT2D eigenvalue weighted by Crippen LogP contribution is 2.42. The van der Waals surface area contributed by atoms with Gasteiger partial charge in [0.2, 0.25) is 0 Å². The van der Waals surface area contributed by atoms with Crippen LogP contribution in [0.2, 0.25) is 0 Å². The van der Waals surface area contributed by atoms with Crippen molar-refractivity contribution in [3.63, 3.8) is 0 Å². The maximum absolute atomic E-state index is 12.5. The molecule has 2 N–H and O–H groups in total. The minimum atomic E-state index is -0.411. The third-order valence-electron chi connectivity index (χ3n) is 4.48. The van der Waals surface area contributed by atoms with E-state index in [1.165, 1.54) is 4.88 Å². The number of β-amino-alcohol motifs (C(OH)–C–C–N with tert-alkyl or cyclic N) is 1. The number of hydrogen-bond acceptors (Lipinski definition) is 4. The normalized spacial score (nSPS) is 27.5. The molecule has 3 rings (SSSR count). The number of hydrogen-bond donors (Lipinski definition) is 2. The molecule has 2 fully saturated rings. The average Bonchev–Trinajstić information content (AvgIpc) is 3.20. The first-order chi connectivity index (χ1) is 10.0.